The minimum absolute atomic E-state index is 0.00905. The number of likely N-dealkylation sites (tertiary alicyclic amines) is 1. The Morgan fingerprint density at radius 3 is 2.96 bits per heavy atom. The maximum absolute atomic E-state index is 13.1. The Bertz CT molecular complexity index is 928. The summed E-state index contributed by atoms with van der Waals surface area (Å²) in [5.74, 6) is 1.47. The summed E-state index contributed by atoms with van der Waals surface area (Å²) in [6.07, 6.45) is 1.85. The van der Waals surface area contributed by atoms with Crippen LogP contribution in [0.15, 0.2) is 24.3 Å². The first-order valence-corrected chi connectivity index (χ1v) is 8.37. The summed E-state index contributed by atoms with van der Waals surface area (Å²) in [5.41, 5.74) is 1.61. The molecule has 1 unspecified atom stereocenters. The van der Waals surface area contributed by atoms with Crippen LogP contribution in [0.5, 0.6) is 0 Å². The lowest BCUT2D eigenvalue weighted by Gasteiger charge is -2.22. The molecule has 0 saturated carbocycles. The van der Waals surface area contributed by atoms with Crippen LogP contribution >= 0.6 is 11.6 Å². The summed E-state index contributed by atoms with van der Waals surface area (Å²) >= 11 is 6.08. The van der Waals surface area contributed by atoms with E-state index in [0.717, 1.165) is 36.1 Å². The number of fused-ring (bicyclic) bond motifs is 1. The van der Waals surface area contributed by atoms with Gasteiger partial charge in [-0.1, -0.05) is 17.7 Å². The van der Waals surface area contributed by atoms with E-state index in [1.807, 2.05) is 47.7 Å². The number of aromatic nitrogens is 4. The van der Waals surface area contributed by atoms with Crippen LogP contribution in [0.2, 0.25) is 5.02 Å². The molecular formula is C17H18ClN5O. The Hall–Kier alpha value is -2.34. The van der Waals surface area contributed by atoms with Gasteiger partial charge in [-0.2, -0.15) is 5.10 Å². The van der Waals surface area contributed by atoms with E-state index in [1.165, 1.54) is 0 Å². The van der Waals surface area contributed by atoms with Crippen molar-refractivity contribution >= 4 is 28.4 Å². The summed E-state index contributed by atoms with van der Waals surface area (Å²) in [6, 6.07) is 7.52. The van der Waals surface area contributed by atoms with Crippen LogP contribution in [-0.2, 0) is 7.05 Å². The van der Waals surface area contributed by atoms with Crippen LogP contribution in [-0.4, -0.2) is 37.1 Å². The third-order valence-electron chi connectivity index (χ3n) is 4.65. The zero-order chi connectivity index (χ0) is 16.8. The van der Waals surface area contributed by atoms with Crippen LogP contribution < -0.4 is 0 Å². The highest BCUT2D eigenvalue weighted by Crippen LogP contribution is 2.32. The Balaban J connectivity index is 1.71. The fraction of sp³-hybridized carbons (Fsp3) is 0.353. The van der Waals surface area contributed by atoms with Crippen LogP contribution in [0.1, 0.15) is 41.0 Å². The van der Waals surface area contributed by atoms with Gasteiger partial charge < -0.3 is 9.47 Å². The van der Waals surface area contributed by atoms with E-state index in [2.05, 4.69) is 15.2 Å². The maximum Gasteiger partial charge on any atom is 0.271 e. The van der Waals surface area contributed by atoms with Gasteiger partial charge in [0.2, 0.25) is 0 Å². The molecule has 1 aliphatic rings. The quantitative estimate of drug-likeness (QED) is 0.776. The topological polar surface area (TPSA) is 66.8 Å². The van der Waals surface area contributed by atoms with Crippen LogP contribution in [0, 0.1) is 6.92 Å². The molecule has 0 bridgehead atoms. The van der Waals surface area contributed by atoms with E-state index < -0.39 is 0 Å². The number of amides is 1. The van der Waals surface area contributed by atoms with Crippen molar-refractivity contribution in [2.24, 2.45) is 7.05 Å². The highest BCUT2D eigenvalue weighted by molar-refractivity contribution is 6.31. The number of hydrogen-bond donors (Lipinski definition) is 1. The monoisotopic (exact) mass is 343 g/mol. The number of nitrogens with one attached hydrogen (secondary N) is 1. The lowest BCUT2D eigenvalue weighted by Crippen LogP contribution is -2.32. The average molecular weight is 344 g/mol. The number of aryl methyl sites for hydroxylation is 2. The minimum atomic E-state index is -0.0657. The second-order valence-electron chi connectivity index (χ2n) is 6.23. The first-order chi connectivity index (χ1) is 11.5. The lowest BCUT2D eigenvalue weighted by atomic mass is 10.2. The highest BCUT2D eigenvalue weighted by atomic mass is 35.5. The van der Waals surface area contributed by atoms with E-state index in [1.54, 1.807) is 0 Å². The van der Waals surface area contributed by atoms with Gasteiger partial charge in [-0.25, -0.2) is 4.98 Å². The molecular weight excluding hydrogens is 326 g/mol. The number of carbonyl (C=O) groups is 1. The molecule has 3 aromatic rings. The van der Waals surface area contributed by atoms with Gasteiger partial charge in [0.1, 0.15) is 11.5 Å². The third kappa shape index (κ3) is 2.38. The molecule has 2 aromatic heterocycles. The average Bonchev–Trinajstić information content (AvgIpc) is 3.26. The first-order valence-electron chi connectivity index (χ1n) is 7.99. The number of carbonyl (C=O) groups excluding carboxylic acids is 1. The van der Waals surface area contributed by atoms with E-state index in [4.69, 9.17) is 11.6 Å². The fourth-order valence-electron chi connectivity index (χ4n) is 3.44. The van der Waals surface area contributed by atoms with Gasteiger partial charge in [0.25, 0.3) is 5.91 Å². The predicted octanol–water partition coefficient (Wildman–Crippen LogP) is 3.24. The van der Waals surface area contributed by atoms with Crippen molar-refractivity contribution in [2.75, 3.05) is 6.54 Å². The second kappa shape index (κ2) is 5.63. The molecule has 24 heavy (non-hydrogen) atoms. The van der Waals surface area contributed by atoms with Crippen molar-refractivity contribution in [3.63, 3.8) is 0 Å². The van der Waals surface area contributed by atoms with Gasteiger partial charge >= 0.3 is 0 Å². The Labute approximate surface area is 144 Å². The molecule has 7 heteroatoms. The van der Waals surface area contributed by atoms with Crippen molar-refractivity contribution in [1.82, 2.24) is 24.6 Å². The number of halogens is 1. The van der Waals surface area contributed by atoms with Crippen molar-refractivity contribution in [2.45, 2.75) is 25.8 Å². The molecule has 0 spiro atoms. The molecule has 1 fully saturated rings. The standard InChI is InChI=1S/C17H18ClN5O/c1-10-19-16(21-20-10)13-4-3-7-23(13)17(24)15-8-11-5-6-12(18)9-14(11)22(15)2/h5-6,8-9,13H,3-4,7H2,1-2H3,(H,19,20,21). The molecule has 0 radical (unpaired) electrons. The molecule has 1 amide bonds. The minimum Gasteiger partial charge on any atom is -0.340 e. The van der Waals surface area contributed by atoms with Gasteiger partial charge in [0, 0.05) is 29.5 Å². The number of benzene rings is 1. The molecule has 124 valence electrons. The SMILES string of the molecule is Cc1nc(C2CCCN2C(=O)c2cc3ccc(Cl)cc3n2C)n[nH]1. The van der Waals surface area contributed by atoms with E-state index in [-0.39, 0.29) is 11.9 Å². The molecule has 6 nitrogen and oxygen atoms in total. The second-order valence-corrected chi connectivity index (χ2v) is 6.66. The summed E-state index contributed by atoms with van der Waals surface area (Å²) < 4.78 is 1.90. The predicted molar refractivity (Wildman–Crippen MR) is 92.1 cm³/mol. The highest BCUT2D eigenvalue weighted by Gasteiger charge is 2.34. The van der Waals surface area contributed by atoms with E-state index in [9.17, 15) is 4.79 Å². The number of aromatic amines is 1. The fourth-order valence-corrected chi connectivity index (χ4v) is 3.61. The van der Waals surface area contributed by atoms with Gasteiger partial charge in [0.05, 0.1) is 6.04 Å². The molecule has 1 N–H and O–H groups in total. The first kappa shape index (κ1) is 15.2. The third-order valence-corrected chi connectivity index (χ3v) is 4.89. The Morgan fingerprint density at radius 2 is 2.21 bits per heavy atom. The molecule has 1 aliphatic heterocycles. The Kier molecular flexibility index (Phi) is 3.57. The van der Waals surface area contributed by atoms with Crippen molar-refractivity contribution in [3.05, 3.63) is 46.6 Å². The summed E-state index contributed by atoms with van der Waals surface area (Å²) in [4.78, 5) is 19.4. The van der Waals surface area contributed by atoms with Crippen molar-refractivity contribution < 1.29 is 4.79 Å². The molecule has 1 atom stereocenters. The van der Waals surface area contributed by atoms with Crippen LogP contribution in [0.25, 0.3) is 10.9 Å². The molecule has 4 rings (SSSR count). The smallest absolute Gasteiger partial charge is 0.271 e. The summed E-state index contributed by atoms with van der Waals surface area (Å²) in [5, 5.41) is 8.79. The van der Waals surface area contributed by atoms with Gasteiger partial charge in [0.15, 0.2) is 5.82 Å². The molecule has 3 heterocycles. The van der Waals surface area contributed by atoms with Crippen molar-refractivity contribution in [1.29, 1.82) is 0 Å². The molecule has 0 aliphatic carbocycles. The summed E-state index contributed by atoms with van der Waals surface area (Å²) in [7, 11) is 1.90. The number of nitrogens with zero attached hydrogens (tertiary/aromatic N) is 4. The Morgan fingerprint density at radius 1 is 1.38 bits per heavy atom. The van der Waals surface area contributed by atoms with Crippen LogP contribution in [0.4, 0.5) is 0 Å². The zero-order valence-electron chi connectivity index (χ0n) is 13.6. The zero-order valence-corrected chi connectivity index (χ0v) is 14.3. The normalized spacial score (nSPS) is 17.8. The van der Waals surface area contributed by atoms with Crippen LogP contribution in [0.3, 0.4) is 0 Å². The number of hydrogen-bond acceptors (Lipinski definition) is 3. The van der Waals surface area contributed by atoms with Crippen molar-refractivity contribution in [3.8, 4) is 0 Å². The largest absolute Gasteiger partial charge is 0.340 e. The lowest BCUT2D eigenvalue weighted by molar-refractivity contribution is 0.0721. The number of H-pyrrole nitrogens is 1. The van der Waals surface area contributed by atoms with E-state index in [0.29, 0.717) is 16.5 Å². The molecule has 1 aromatic carbocycles. The molecule has 1 saturated heterocycles. The summed E-state index contributed by atoms with van der Waals surface area (Å²) in [6.45, 7) is 2.59. The number of rotatable bonds is 2. The maximum atomic E-state index is 13.1. The van der Waals surface area contributed by atoms with Gasteiger partial charge in [-0.15, -0.1) is 0 Å². The van der Waals surface area contributed by atoms with E-state index >= 15 is 0 Å². The van der Waals surface area contributed by atoms with Gasteiger partial charge in [-0.3, -0.25) is 9.89 Å². The van der Waals surface area contributed by atoms with Gasteiger partial charge in [-0.05, 0) is 38.0 Å².